The highest BCUT2D eigenvalue weighted by molar-refractivity contribution is 5.78. The van der Waals surface area contributed by atoms with Crippen LogP contribution in [0.25, 0.3) is 0 Å². The van der Waals surface area contributed by atoms with Crippen LogP contribution in [0.3, 0.4) is 0 Å². The van der Waals surface area contributed by atoms with Crippen molar-refractivity contribution in [2.45, 2.75) is 59.4 Å². The molecule has 1 fully saturated rings. The van der Waals surface area contributed by atoms with E-state index in [1.807, 2.05) is 25.8 Å². The van der Waals surface area contributed by atoms with Gasteiger partial charge in [0, 0.05) is 19.0 Å². The average molecular weight is 211 g/mol. The number of nitrogens with zero attached hydrogens (tertiary/aromatic N) is 1. The Kier molecular flexibility index (Phi) is 3.80. The Balaban J connectivity index is 2.50. The highest BCUT2D eigenvalue weighted by Gasteiger charge is 2.30. The number of carbonyl (C=O) groups excluding carboxylic acids is 1. The molecule has 0 saturated heterocycles. The van der Waals surface area contributed by atoms with E-state index in [1.54, 1.807) is 0 Å². The van der Waals surface area contributed by atoms with Gasteiger partial charge in [-0.3, -0.25) is 4.79 Å². The molecule has 0 unspecified atom stereocenters. The third kappa shape index (κ3) is 3.22. The molecule has 2 nitrogen and oxygen atoms in total. The van der Waals surface area contributed by atoms with Gasteiger partial charge in [0.1, 0.15) is 0 Å². The molecule has 1 saturated carbocycles. The van der Waals surface area contributed by atoms with Crippen LogP contribution in [0.15, 0.2) is 0 Å². The predicted molar refractivity (Wildman–Crippen MR) is 63.6 cm³/mol. The molecule has 1 aliphatic rings. The van der Waals surface area contributed by atoms with E-state index in [4.69, 9.17) is 0 Å². The summed E-state index contributed by atoms with van der Waals surface area (Å²) in [6, 6.07) is 0.480. The summed E-state index contributed by atoms with van der Waals surface area (Å²) in [5.41, 5.74) is 0.484. The minimum absolute atomic E-state index is 0.130. The van der Waals surface area contributed by atoms with E-state index in [9.17, 15) is 4.79 Å². The van der Waals surface area contributed by atoms with Crippen LogP contribution in [0.5, 0.6) is 0 Å². The van der Waals surface area contributed by atoms with Gasteiger partial charge in [0.15, 0.2) is 0 Å². The number of rotatable bonds is 2. The quantitative estimate of drug-likeness (QED) is 0.687. The van der Waals surface area contributed by atoms with Gasteiger partial charge >= 0.3 is 0 Å². The van der Waals surface area contributed by atoms with Gasteiger partial charge in [-0.2, -0.15) is 0 Å². The standard InChI is InChI=1S/C13H25NO/c1-10(2)12(15)14(5)11-6-8-13(3,4)9-7-11/h10-11H,6-9H2,1-5H3. The van der Waals surface area contributed by atoms with Crippen LogP contribution in [-0.2, 0) is 4.79 Å². The van der Waals surface area contributed by atoms with Crippen molar-refractivity contribution < 1.29 is 4.79 Å². The summed E-state index contributed by atoms with van der Waals surface area (Å²) in [4.78, 5) is 13.8. The van der Waals surface area contributed by atoms with Gasteiger partial charge in [0.05, 0.1) is 0 Å². The fourth-order valence-corrected chi connectivity index (χ4v) is 2.36. The average Bonchev–Trinajstić information content (AvgIpc) is 2.15. The lowest BCUT2D eigenvalue weighted by atomic mass is 9.75. The van der Waals surface area contributed by atoms with Crippen molar-refractivity contribution in [3.63, 3.8) is 0 Å². The van der Waals surface area contributed by atoms with Crippen LogP contribution < -0.4 is 0 Å². The van der Waals surface area contributed by atoms with Gasteiger partial charge < -0.3 is 4.90 Å². The maximum atomic E-state index is 11.8. The van der Waals surface area contributed by atoms with Crippen molar-refractivity contribution >= 4 is 5.91 Å². The summed E-state index contributed by atoms with van der Waals surface area (Å²) in [6.45, 7) is 8.61. The van der Waals surface area contributed by atoms with E-state index in [2.05, 4.69) is 13.8 Å². The van der Waals surface area contributed by atoms with Crippen LogP contribution in [0.2, 0.25) is 0 Å². The first-order valence-corrected chi connectivity index (χ1v) is 6.10. The topological polar surface area (TPSA) is 20.3 Å². The number of hydrogen-bond donors (Lipinski definition) is 0. The lowest BCUT2D eigenvalue weighted by molar-refractivity contribution is -0.136. The second-order valence-corrected chi connectivity index (χ2v) is 6.00. The van der Waals surface area contributed by atoms with Crippen LogP contribution in [0, 0.1) is 11.3 Å². The molecule has 0 aromatic carbocycles. The molecule has 0 aromatic rings. The Morgan fingerprint density at radius 1 is 1.27 bits per heavy atom. The lowest BCUT2D eigenvalue weighted by Crippen LogP contribution is -2.42. The van der Waals surface area contributed by atoms with Crippen molar-refractivity contribution in [3.05, 3.63) is 0 Å². The molecule has 0 N–H and O–H groups in total. The van der Waals surface area contributed by atoms with E-state index >= 15 is 0 Å². The minimum Gasteiger partial charge on any atom is -0.343 e. The Morgan fingerprint density at radius 3 is 2.13 bits per heavy atom. The van der Waals surface area contributed by atoms with Gasteiger partial charge in [-0.1, -0.05) is 27.7 Å². The Bertz CT molecular complexity index is 223. The van der Waals surface area contributed by atoms with E-state index < -0.39 is 0 Å². The first-order chi connectivity index (χ1) is 6.83. The Morgan fingerprint density at radius 2 is 1.73 bits per heavy atom. The number of carbonyl (C=O) groups is 1. The first kappa shape index (κ1) is 12.5. The molecule has 0 aliphatic heterocycles. The zero-order chi connectivity index (χ0) is 11.6. The molecular weight excluding hydrogens is 186 g/mol. The van der Waals surface area contributed by atoms with Gasteiger partial charge in [-0.05, 0) is 31.1 Å². The van der Waals surface area contributed by atoms with E-state index in [0.717, 1.165) is 0 Å². The molecule has 88 valence electrons. The summed E-state index contributed by atoms with van der Waals surface area (Å²) in [5, 5.41) is 0. The minimum atomic E-state index is 0.130. The smallest absolute Gasteiger partial charge is 0.225 e. The summed E-state index contributed by atoms with van der Waals surface area (Å²) in [7, 11) is 1.96. The van der Waals surface area contributed by atoms with Gasteiger partial charge in [-0.25, -0.2) is 0 Å². The molecule has 2 heteroatoms. The molecule has 1 aliphatic carbocycles. The predicted octanol–water partition coefficient (Wildman–Crippen LogP) is 3.07. The molecule has 0 radical (unpaired) electrons. The second kappa shape index (κ2) is 4.54. The number of hydrogen-bond acceptors (Lipinski definition) is 1. The largest absolute Gasteiger partial charge is 0.343 e. The van der Waals surface area contributed by atoms with Gasteiger partial charge in [0.25, 0.3) is 0 Å². The lowest BCUT2D eigenvalue weighted by Gasteiger charge is -2.39. The molecule has 1 rings (SSSR count). The fourth-order valence-electron chi connectivity index (χ4n) is 2.36. The zero-order valence-corrected chi connectivity index (χ0v) is 10.8. The molecule has 0 heterocycles. The van der Waals surface area contributed by atoms with Crippen LogP contribution in [0.4, 0.5) is 0 Å². The Labute approximate surface area is 94.0 Å². The van der Waals surface area contributed by atoms with Crippen molar-refractivity contribution in [1.82, 2.24) is 4.90 Å². The van der Waals surface area contributed by atoms with Crippen molar-refractivity contribution in [3.8, 4) is 0 Å². The third-order valence-electron chi connectivity index (χ3n) is 3.70. The fraction of sp³-hybridized carbons (Fsp3) is 0.923. The molecule has 15 heavy (non-hydrogen) atoms. The maximum Gasteiger partial charge on any atom is 0.225 e. The van der Waals surface area contributed by atoms with Gasteiger partial charge in [0.2, 0.25) is 5.91 Å². The monoisotopic (exact) mass is 211 g/mol. The number of amides is 1. The van der Waals surface area contributed by atoms with Crippen molar-refractivity contribution in [2.24, 2.45) is 11.3 Å². The third-order valence-corrected chi connectivity index (χ3v) is 3.70. The molecular formula is C13H25NO. The van der Waals surface area contributed by atoms with E-state index in [-0.39, 0.29) is 5.92 Å². The zero-order valence-electron chi connectivity index (χ0n) is 10.8. The second-order valence-electron chi connectivity index (χ2n) is 6.00. The first-order valence-electron chi connectivity index (χ1n) is 6.10. The SMILES string of the molecule is CC(C)C(=O)N(C)C1CCC(C)(C)CC1. The van der Waals surface area contributed by atoms with E-state index in [0.29, 0.717) is 17.4 Å². The molecule has 1 amide bonds. The highest BCUT2D eigenvalue weighted by Crippen LogP contribution is 2.36. The molecule has 0 atom stereocenters. The highest BCUT2D eigenvalue weighted by atomic mass is 16.2. The van der Waals surface area contributed by atoms with Crippen LogP contribution >= 0.6 is 0 Å². The summed E-state index contributed by atoms with van der Waals surface area (Å²) in [6.07, 6.45) is 4.82. The molecule has 0 aromatic heterocycles. The summed E-state index contributed by atoms with van der Waals surface area (Å²) < 4.78 is 0. The van der Waals surface area contributed by atoms with Crippen LogP contribution in [0.1, 0.15) is 53.4 Å². The summed E-state index contributed by atoms with van der Waals surface area (Å²) in [5.74, 6) is 0.421. The van der Waals surface area contributed by atoms with E-state index in [1.165, 1.54) is 25.7 Å². The summed E-state index contributed by atoms with van der Waals surface area (Å²) >= 11 is 0. The molecule has 0 bridgehead atoms. The maximum absolute atomic E-state index is 11.8. The Hall–Kier alpha value is -0.530. The van der Waals surface area contributed by atoms with Gasteiger partial charge in [-0.15, -0.1) is 0 Å². The normalized spacial score (nSPS) is 21.7. The molecule has 0 spiro atoms. The van der Waals surface area contributed by atoms with Crippen LogP contribution in [-0.4, -0.2) is 23.9 Å². The van der Waals surface area contributed by atoms with Crippen molar-refractivity contribution in [1.29, 1.82) is 0 Å². The van der Waals surface area contributed by atoms with Crippen molar-refractivity contribution in [2.75, 3.05) is 7.05 Å².